The molecule has 94 valence electrons. The Morgan fingerprint density at radius 3 is 2.79 bits per heavy atom. The van der Waals surface area contributed by atoms with Gasteiger partial charge in [0.25, 0.3) is 0 Å². The molecular formula is C16H15N3. The average molecular weight is 249 g/mol. The average Bonchev–Trinajstić information content (AvgIpc) is 3.26. The molecule has 0 spiro atoms. The van der Waals surface area contributed by atoms with Crippen LogP contribution in [0.5, 0.6) is 0 Å². The van der Waals surface area contributed by atoms with E-state index in [9.17, 15) is 0 Å². The maximum Gasteiger partial charge on any atom is 0.178 e. The molecule has 1 saturated carbocycles. The van der Waals surface area contributed by atoms with Crippen LogP contribution in [-0.4, -0.2) is 15.0 Å². The Balaban J connectivity index is 2.08. The molecule has 0 aromatic carbocycles. The van der Waals surface area contributed by atoms with Gasteiger partial charge < -0.3 is 0 Å². The Morgan fingerprint density at radius 1 is 1.21 bits per heavy atom. The van der Waals surface area contributed by atoms with Gasteiger partial charge in [-0.3, -0.25) is 0 Å². The summed E-state index contributed by atoms with van der Waals surface area (Å²) < 4.78 is 0. The summed E-state index contributed by atoms with van der Waals surface area (Å²) in [4.78, 5) is 13.5. The second-order valence-corrected chi connectivity index (χ2v) is 4.73. The smallest absolute Gasteiger partial charge is 0.178 e. The molecular weight excluding hydrogens is 234 g/mol. The van der Waals surface area contributed by atoms with Crippen molar-refractivity contribution in [2.24, 2.45) is 0 Å². The molecule has 0 bridgehead atoms. The zero-order valence-corrected chi connectivity index (χ0v) is 10.7. The molecule has 3 heteroatoms. The van der Waals surface area contributed by atoms with E-state index >= 15 is 0 Å². The highest BCUT2D eigenvalue weighted by atomic mass is 14.9. The molecule has 1 fully saturated rings. The number of hydrogen-bond acceptors (Lipinski definition) is 3. The van der Waals surface area contributed by atoms with Crippen molar-refractivity contribution in [1.82, 2.24) is 15.0 Å². The van der Waals surface area contributed by atoms with E-state index in [4.69, 9.17) is 0 Å². The van der Waals surface area contributed by atoms with Crippen molar-refractivity contribution in [3.8, 4) is 11.5 Å². The van der Waals surface area contributed by atoms with Crippen LogP contribution >= 0.6 is 0 Å². The highest BCUT2D eigenvalue weighted by molar-refractivity contribution is 5.50. The number of nitrogens with zero attached hydrogens (tertiary/aromatic N) is 3. The van der Waals surface area contributed by atoms with Gasteiger partial charge in [-0.2, -0.15) is 0 Å². The lowest BCUT2D eigenvalue weighted by molar-refractivity contribution is 1.01. The Morgan fingerprint density at radius 2 is 2.05 bits per heavy atom. The van der Waals surface area contributed by atoms with E-state index in [-0.39, 0.29) is 0 Å². The summed E-state index contributed by atoms with van der Waals surface area (Å²) >= 11 is 0. The Labute approximate surface area is 112 Å². The number of pyridine rings is 1. The van der Waals surface area contributed by atoms with Gasteiger partial charge in [-0.15, -0.1) is 0 Å². The van der Waals surface area contributed by atoms with Crippen LogP contribution in [0.3, 0.4) is 0 Å². The second kappa shape index (κ2) is 4.76. The molecule has 0 amide bonds. The minimum Gasteiger partial charge on any atom is -0.249 e. The third-order valence-electron chi connectivity index (χ3n) is 3.17. The lowest BCUT2D eigenvalue weighted by atomic mass is 10.2. The van der Waals surface area contributed by atoms with Gasteiger partial charge in [0.15, 0.2) is 5.82 Å². The van der Waals surface area contributed by atoms with Gasteiger partial charge in [0, 0.05) is 23.0 Å². The van der Waals surface area contributed by atoms with Gasteiger partial charge in [-0.25, -0.2) is 15.0 Å². The topological polar surface area (TPSA) is 38.7 Å². The molecule has 1 aliphatic carbocycles. The molecule has 0 N–H and O–H groups in total. The molecule has 0 aliphatic heterocycles. The van der Waals surface area contributed by atoms with Crippen LogP contribution in [0.15, 0.2) is 37.1 Å². The van der Waals surface area contributed by atoms with Crippen LogP contribution in [0.1, 0.15) is 24.5 Å². The van der Waals surface area contributed by atoms with E-state index in [1.165, 1.54) is 12.8 Å². The first-order chi connectivity index (χ1) is 9.28. The van der Waals surface area contributed by atoms with E-state index in [0.717, 1.165) is 22.0 Å². The largest absolute Gasteiger partial charge is 0.249 e. The van der Waals surface area contributed by atoms with Gasteiger partial charge in [0.2, 0.25) is 0 Å². The van der Waals surface area contributed by atoms with E-state index in [1.807, 2.05) is 18.2 Å². The predicted octanol–water partition coefficient (Wildman–Crippen LogP) is 1.79. The normalized spacial score (nSPS) is 15.5. The molecule has 0 atom stereocenters. The summed E-state index contributed by atoms with van der Waals surface area (Å²) in [7, 11) is 0. The van der Waals surface area contributed by atoms with E-state index in [2.05, 4.69) is 34.2 Å². The minimum absolute atomic E-state index is 0.631. The molecule has 3 nitrogen and oxygen atoms in total. The monoisotopic (exact) mass is 249 g/mol. The molecule has 1 aliphatic rings. The highest BCUT2D eigenvalue weighted by Crippen LogP contribution is 2.39. The first-order valence-corrected chi connectivity index (χ1v) is 6.40. The minimum atomic E-state index is 0.631. The molecule has 0 saturated heterocycles. The summed E-state index contributed by atoms with van der Waals surface area (Å²) in [5, 5.41) is 1.58. The summed E-state index contributed by atoms with van der Waals surface area (Å²) in [6.07, 6.45) is 7.74. The maximum absolute atomic E-state index is 4.65. The summed E-state index contributed by atoms with van der Waals surface area (Å²) in [6, 6.07) is 6.05. The fourth-order valence-corrected chi connectivity index (χ4v) is 1.98. The highest BCUT2D eigenvalue weighted by Gasteiger charge is 2.25. The summed E-state index contributed by atoms with van der Waals surface area (Å²) in [5.74, 6) is 1.27. The molecule has 2 aromatic rings. The lowest BCUT2D eigenvalue weighted by Gasteiger charge is -2.02. The third-order valence-corrected chi connectivity index (χ3v) is 3.17. The Kier molecular flexibility index (Phi) is 2.95. The van der Waals surface area contributed by atoms with Crippen LogP contribution in [0, 0.1) is 0 Å². The zero-order chi connectivity index (χ0) is 13.2. The number of allylic oxidation sites excluding steroid dienone is 1. The predicted molar refractivity (Wildman–Crippen MR) is 76.7 cm³/mol. The van der Waals surface area contributed by atoms with Crippen molar-refractivity contribution < 1.29 is 0 Å². The third kappa shape index (κ3) is 2.45. The van der Waals surface area contributed by atoms with E-state index in [0.29, 0.717) is 11.7 Å². The van der Waals surface area contributed by atoms with Crippen molar-refractivity contribution in [3.05, 3.63) is 53.3 Å². The van der Waals surface area contributed by atoms with Crippen LogP contribution in [0.25, 0.3) is 24.2 Å². The number of hydrogen-bond donors (Lipinski definition) is 0. The van der Waals surface area contributed by atoms with Crippen LogP contribution in [0.4, 0.5) is 0 Å². The second-order valence-electron chi connectivity index (χ2n) is 4.73. The van der Waals surface area contributed by atoms with Gasteiger partial charge in [-0.1, -0.05) is 25.3 Å². The van der Waals surface area contributed by atoms with E-state index in [1.54, 1.807) is 12.3 Å². The van der Waals surface area contributed by atoms with Crippen LogP contribution < -0.4 is 10.6 Å². The number of aromatic nitrogens is 3. The van der Waals surface area contributed by atoms with Crippen LogP contribution in [-0.2, 0) is 0 Å². The van der Waals surface area contributed by atoms with Gasteiger partial charge in [0.1, 0.15) is 5.69 Å². The Hall–Kier alpha value is -2.29. The standard InChI is InChI=1S/C16H15N3/c1-3-5-13-11(2)10-17-16(19-13)15-7-4-6-14(18-15)12-8-9-12/h3-7,10,12H,1-2,8-9H2/b13-5+. The van der Waals surface area contributed by atoms with Crippen molar-refractivity contribution in [1.29, 1.82) is 0 Å². The molecule has 2 heterocycles. The van der Waals surface area contributed by atoms with Gasteiger partial charge in [-0.05, 0) is 31.1 Å². The van der Waals surface area contributed by atoms with Crippen molar-refractivity contribution in [2.45, 2.75) is 18.8 Å². The molecule has 3 rings (SSSR count). The molecule has 2 aromatic heterocycles. The fraction of sp³-hybridized carbons (Fsp3) is 0.188. The van der Waals surface area contributed by atoms with E-state index < -0.39 is 0 Å². The van der Waals surface area contributed by atoms with Crippen molar-refractivity contribution >= 4 is 12.7 Å². The quantitative estimate of drug-likeness (QED) is 0.832. The first-order valence-electron chi connectivity index (χ1n) is 6.40. The number of rotatable bonds is 3. The lowest BCUT2D eigenvalue weighted by Crippen LogP contribution is -2.28. The van der Waals surface area contributed by atoms with Gasteiger partial charge in [0.05, 0.1) is 5.35 Å². The zero-order valence-electron chi connectivity index (χ0n) is 10.7. The SMILES string of the molecule is C=C/C=c1/nc(-c2cccc(C3CC3)n2)ncc1=C. The van der Waals surface area contributed by atoms with Crippen molar-refractivity contribution in [2.75, 3.05) is 0 Å². The first kappa shape index (κ1) is 11.8. The summed E-state index contributed by atoms with van der Waals surface area (Å²) in [6.45, 7) is 7.59. The van der Waals surface area contributed by atoms with Crippen LogP contribution in [0.2, 0.25) is 0 Å². The maximum atomic E-state index is 4.65. The van der Waals surface area contributed by atoms with Crippen molar-refractivity contribution in [3.63, 3.8) is 0 Å². The molecule has 0 unspecified atom stereocenters. The fourth-order valence-electron chi connectivity index (χ4n) is 1.98. The Bertz CT molecular complexity index is 730. The molecule has 19 heavy (non-hydrogen) atoms. The molecule has 0 radical (unpaired) electrons. The van der Waals surface area contributed by atoms with Gasteiger partial charge >= 0.3 is 0 Å². The summed E-state index contributed by atoms with van der Waals surface area (Å²) in [5.41, 5.74) is 1.97.